The molecule has 0 aromatic carbocycles. The van der Waals surface area contributed by atoms with E-state index in [4.69, 9.17) is 85.9 Å². The zero-order chi connectivity index (χ0) is 63.9. The van der Waals surface area contributed by atoms with Crippen molar-refractivity contribution in [3.8, 4) is 0 Å². The fourth-order valence-corrected chi connectivity index (χ4v) is 1.47. The van der Waals surface area contributed by atoms with E-state index in [9.17, 15) is 114 Å². The normalized spacial score (nSPS) is 12.6. The summed E-state index contributed by atoms with van der Waals surface area (Å²) in [5.74, 6) is -26.0. The van der Waals surface area contributed by atoms with Crippen LogP contribution in [0.3, 0.4) is 0 Å². The minimum atomic E-state index is -2.91. The SMILES string of the molecule is CC(O)C(=O)[O-].CC(O)C(=O)[O-].CC(O)C(=O)[O-].NCC(=O)[O-].NCC(=O)[O-].NCC(=O)[O-].O=C([O-])C(O)C(O)C(=O)[O-].O=C([O-])C(O)C(O)C(=O)[O-].O=C([O-])C(O)C(O)C(=O)[O-].O=C([O-])CC(O)(CC(=O)O)C(=O)[O-].[Fe+3].[Fe+3].[Fe+3].[Fe+3].[Fe+3]. The molecule has 0 aliphatic rings. The molecule has 0 saturated carbocycles. The Morgan fingerprint density at radius 3 is 0.494 bits per heavy atom. The van der Waals surface area contributed by atoms with Crippen LogP contribution >= 0.6 is 0 Å². The molecule has 81 heavy (non-hydrogen) atoms. The number of aliphatic hydroxyl groups is 10. The van der Waals surface area contributed by atoms with Gasteiger partial charge in [0.2, 0.25) is 0 Å². The largest absolute Gasteiger partial charge is 3.00 e. The third kappa shape index (κ3) is 93.8. The average Bonchev–Trinajstić information content (AvgIpc) is 3.28. The maximum atomic E-state index is 10.2. The van der Waals surface area contributed by atoms with Gasteiger partial charge in [0, 0.05) is 32.0 Å². The summed E-state index contributed by atoms with van der Waals surface area (Å²) in [7, 11) is 0. The molecule has 10 atom stereocenters. The second-order valence-corrected chi connectivity index (χ2v) is 11.7. The Kier molecular flexibility index (Phi) is 93.9. The van der Waals surface area contributed by atoms with Gasteiger partial charge >= 0.3 is 91.3 Å². The van der Waals surface area contributed by atoms with Gasteiger partial charge in [-0.2, -0.15) is 0 Å². The maximum absolute atomic E-state index is 10.2. The molecule has 0 aromatic heterocycles. The fourth-order valence-electron chi connectivity index (χ4n) is 1.47. The van der Waals surface area contributed by atoms with Crippen LogP contribution in [0, 0.1) is 0 Å². The summed E-state index contributed by atoms with van der Waals surface area (Å²) < 4.78 is 0. The molecule has 0 aliphatic carbocycles. The molecular weight excluding hydrogens is 1360 g/mol. The van der Waals surface area contributed by atoms with Gasteiger partial charge in [-0.1, -0.05) is 0 Å². The Balaban J connectivity index is -0.0000000464. The van der Waals surface area contributed by atoms with Crippen LogP contribution in [0.5, 0.6) is 0 Å². The maximum Gasteiger partial charge on any atom is 3.00 e. The number of carbonyl (C=O) groups excluding carboxylic acids is 14. The quantitative estimate of drug-likeness (QED) is 0.0503. The van der Waals surface area contributed by atoms with Gasteiger partial charge in [-0.3, -0.25) is 4.79 Å². The van der Waals surface area contributed by atoms with E-state index in [-0.39, 0.29) is 105 Å². The van der Waals surface area contributed by atoms with Crippen LogP contribution in [-0.2, 0) is 157 Å². The number of hydrogen-bond acceptors (Lipinski definition) is 42. The van der Waals surface area contributed by atoms with Crippen LogP contribution in [0.1, 0.15) is 33.6 Å². The van der Waals surface area contributed by atoms with Crippen molar-refractivity contribution in [1.29, 1.82) is 0 Å². The van der Waals surface area contributed by atoms with E-state index < -0.39 is 163 Å². The topological polar surface area (TPSA) is 879 Å². The Morgan fingerprint density at radius 1 is 0.321 bits per heavy atom. The predicted octanol–water partition coefficient (Wildman–Crippen LogP) is -30.9. The van der Waals surface area contributed by atoms with Gasteiger partial charge in [-0.25, -0.2) is 0 Å². The van der Waals surface area contributed by atoms with Crippen molar-refractivity contribution in [2.75, 3.05) is 19.6 Å². The summed E-state index contributed by atoms with van der Waals surface area (Å²) in [4.78, 5) is 143. The van der Waals surface area contributed by atoms with Crippen molar-refractivity contribution >= 4 is 89.5 Å². The summed E-state index contributed by atoms with van der Waals surface area (Å²) in [6.07, 6.45) is -21.2. The van der Waals surface area contributed by atoms with Gasteiger partial charge in [-0.15, -0.1) is 0 Å². The van der Waals surface area contributed by atoms with Crippen LogP contribution in [0.4, 0.5) is 0 Å². The zero-order valence-electron chi connectivity index (χ0n) is 40.0. The van der Waals surface area contributed by atoms with Crippen LogP contribution in [-0.4, -0.2) is 226 Å². The smallest absolute Gasteiger partial charge is 0.550 e. The van der Waals surface area contributed by atoms with Gasteiger partial charge in [0.1, 0.15) is 42.2 Å². The van der Waals surface area contributed by atoms with E-state index in [0.29, 0.717) is 0 Å². The van der Waals surface area contributed by atoms with E-state index in [2.05, 4.69) is 17.2 Å². The van der Waals surface area contributed by atoms with Gasteiger partial charge in [-0.05, 0) is 20.8 Å². The van der Waals surface area contributed by atoms with E-state index in [1.165, 1.54) is 0 Å². The minimum Gasteiger partial charge on any atom is -0.550 e. The van der Waals surface area contributed by atoms with Crippen molar-refractivity contribution in [2.45, 2.75) is 94.1 Å². The van der Waals surface area contributed by atoms with Crippen LogP contribution < -0.4 is 88.7 Å². The molecule has 0 amide bonds. The molecule has 0 aliphatic heterocycles. The van der Waals surface area contributed by atoms with Gasteiger partial charge in [0.15, 0.2) is 0 Å². The first-order chi connectivity index (χ1) is 33.9. The van der Waals surface area contributed by atoms with Crippen molar-refractivity contribution in [3.63, 3.8) is 0 Å². The molecule has 0 heterocycles. The number of aliphatic hydroxyl groups excluding tert-OH is 9. The van der Waals surface area contributed by atoms with Crippen molar-refractivity contribution < 1.29 is 285 Å². The van der Waals surface area contributed by atoms with Gasteiger partial charge in [0.25, 0.3) is 0 Å². The molecule has 5 radical (unpaired) electrons. The van der Waals surface area contributed by atoms with E-state index in [1.54, 1.807) is 0 Å². The van der Waals surface area contributed by atoms with E-state index in [1.807, 2.05) is 0 Å². The van der Waals surface area contributed by atoms with Crippen LogP contribution in [0.25, 0.3) is 0 Å². The first-order valence-electron chi connectivity index (χ1n) is 18.0. The summed E-state index contributed by atoms with van der Waals surface area (Å²) in [6.45, 7) is 2.24. The number of nitrogens with two attached hydrogens (primary N) is 3. The fraction of sp³-hybridized carbons (Fsp3) is 0.545. The third-order valence-corrected chi connectivity index (χ3v) is 5.13. The van der Waals surface area contributed by atoms with Gasteiger partial charge in [0.05, 0.1) is 102 Å². The van der Waals surface area contributed by atoms with Crippen LogP contribution in [0.2, 0.25) is 0 Å². The zero-order valence-corrected chi connectivity index (χ0v) is 45.5. The summed E-state index contributed by atoms with van der Waals surface area (Å²) in [5.41, 5.74) is 10.6. The van der Waals surface area contributed by atoms with Crippen molar-refractivity contribution in [2.24, 2.45) is 17.2 Å². The molecule has 43 nitrogen and oxygen atoms in total. The number of carbonyl (C=O) groups is 15. The number of rotatable bonds is 20. The first kappa shape index (κ1) is 114. The molecule has 471 valence electrons. The standard InChI is InChI=1S/C6H8O7.3C4H6O6.3C3H6O3.3C2H5NO2.5Fe/c7-3(8)1-6(13,5(11)12)2-4(9)10;3*5-1(3(7)8)2(6)4(9)10;3*1-2(4)3(5)6;3*3-1-2(4)5;;;;;/h13H,1-2H2,(H,7,8)(H,9,10)(H,11,12);3*1-2,5-6H,(H,7,8)(H,9,10);3*2,4H,1H3,(H,5,6);3*1,3H2,(H,4,5);;;;;/q;;;;;;;;;;5*+3/p-14. The predicted molar refractivity (Wildman–Crippen MR) is 190 cm³/mol. The number of carboxylic acid groups (broad SMARTS) is 15. The van der Waals surface area contributed by atoms with Gasteiger partial charge < -0.3 is 212 Å². The molecular formula is C33H45Fe5N3O40+. The molecule has 0 fully saturated rings. The van der Waals surface area contributed by atoms with Crippen LogP contribution in [0.15, 0.2) is 0 Å². The molecule has 0 spiro atoms. The Morgan fingerprint density at radius 2 is 0.444 bits per heavy atom. The second-order valence-electron chi connectivity index (χ2n) is 11.7. The number of carboxylic acids is 15. The van der Waals surface area contributed by atoms with E-state index >= 15 is 0 Å². The monoisotopic (exact) mass is 1400 g/mol. The second kappa shape index (κ2) is 66.6. The molecule has 10 unspecified atom stereocenters. The molecule has 0 aromatic rings. The van der Waals surface area contributed by atoms with E-state index in [0.717, 1.165) is 20.8 Å². The van der Waals surface area contributed by atoms with Crippen molar-refractivity contribution in [1.82, 2.24) is 0 Å². The average molecular weight is 1400 g/mol. The molecule has 0 bridgehead atoms. The first-order valence-corrected chi connectivity index (χ1v) is 18.0. The Bertz CT molecular complexity index is 1610. The molecule has 0 saturated heterocycles. The number of aliphatic carboxylic acids is 15. The Hall–Kier alpha value is -5.87. The number of hydrogen-bond donors (Lipinski definition) is 14. The minimum absolute atomic E-state index is 0. The third-order valence-electron chi connectivity index (χ3n) is 5.13. The summed E-state index contributed by atoms with van der Waals surface area (Å²) in [5, 5.41) is 224. The molecule has 48 heteroatoms. The summed E-state index contributed by atoms with van der Waals surface area (Å²) in [6, 6.07) is 0. The Labute approximate surface area is 503 Å². The molecule has 0 rings (SSSR count). The van der Waals surface area contributed by atoms with Crippen molar-refractivity contribution in [3.05, 3.63) is 0 Å². The molecule has 17 N–H and O–H groups in total. The summed E-state index contributed by atoms with van der Waals surface area (Å²) >= 11 is 0.